The van der Waals surface area contributed by atoms with Gasteiger partial charge in [-0.1, -0.05) is 30.8 Å². The van der Waals surface area contributed by atoms with Crippen molar-refractivity contribution in [2.45, 2.75) is 26.1 Å². The molecular weight excluding hydrogens is 244 g/mol. The molecule has 0 saturated carbocycles. The largest absolute Gasteiger partial charge is 0.422 e. The van der Waals surface area contributed by atoms with Gasteiger partial charge in [-0.3, -0.25) is 9.59 Å². The number of fused-ring (bicyclic) bond motifs is 1. The molecule has 4 nitrogen and oxygen atoms in total. The third-order valence-electron chi connectivity index (χ3n) is 3.69. The van der Waals surface area contributed by atoms with Gasteiger partial charge in [-0.15, -0.1) is 0 Å². The van der Waals surface area contributed by atoms with Gasteiger partial charge < -0.3 is 9.47 Å². The predicted octanol–water partition coefficient (Wildman–Crippen LogP) is 2.08. The fourth-order valence-electron chi connectivity index (χ4n) is 2.71. The van der Waals surface area contributed by atoms with E-state index in [1.54, 1.807) is 13.8 Å². The second-order valence-corrected chi connectivity index (χ2v) is 5.40. The predicted molar refractivity (Wildman–Crippen MR) is 67.9 cm³/mol. The minimum Gasteiger partial charge on any atom is -0.422 e. The van der Waals surface area contributed by atoms with E-state index in [0.29, 0.717) is 5.57 Å². The maximum Gasteiger partial charge on any atom is 0.331 e. The highest BCUT2D eigenvalue weighted by molar-refractivity contribution is 6.15. The lowest BCUT2D eigenvalue weighted by molar-refractivity contribution is -0.245. The average Bonchev–Trinajstić information content (AvgIpc) is 2.61. The van der Waals surface area contributed by atoms with Gasteiger partial charge in [0.2, 0.25) is 0 Å². The Balaban J connectivity index is 2.10. The maximum atomic E-state index is 12.3. The number of carbonyl (C=O) groups excluding carboxylic acids is 2. The molecule has 0 aromatic heterocycles. The molecule has 0 atom stereocenters. The van der Waals surface area contributed by atoms with E-state index in [0.717, 1.165) is 11.1 Å². The average molecular weight is 258 g/mol. The Hall–Kier alpha value is -2.10. The molecule has 0 N–H and O–H groups in total. The van der Waals surface area contributed by atoms with Gasteiger partial charge in [0, 0.05) is 20.3 Å². The minimum atomic E-state index is -1.40. The standard InChI is InChI=1S/C15H14O4/c1-9-11-7-5-4-6-10(11)8-15(9)12(16)18-14(2,3)19-13(15)17/h4-7H,1,8H2,2-3H3. The van der Waals surface area contributed by atoms with Crippen LogP contribution in [0.4, 0.5) is 0 Å². The number of ether oxygens (including phenoxy) is 2. The van der Waals surface area contributed by atoms with E-state index < -0.39 is 23.1 Å². The van der Waals surface area contributed by atoms with Crippen molar-refractivity contribution in [3.05, 3.63) is 42.0 Å². The van der Waals surface area contributed by atoms with Gasteiger partial charge >= 0.3 is 11.9 Å². The van der Waals surface area contributed by atoms with Gasteiger partial charge in [0.05, 0.1) is 0 Å². The molecule has 1 saturated heterocycles. The second-order valence-electron chi connectivity index (χ2n) is 5.40. The molecule has 1 aromatic rings. The number of rotatable bonds is 0. The van der Waals surface area contributed by atoms with Crippen molar-refractivity contribution in [3.8, 4) is 0 Å². The van der Waals surface area contributed by atoms with E-state index in [1.165, 1.54) is 0 Å². The Morgan fingerprint density at radius 1 is 1.11 bits per heavy atom. The van der Waals surface area contributed by atoms with Gasteiger partial charge in [-0.25, -0.2) is 0 Å². The molecule has 1 aliphatic carbocycles. The van der Waals surface area contributed by atoms with Crippen LogP contribution in [0.3, 0.4) is 0 Å². The summed E-state index contributed by atoms with van der Waals surface area (Å²) in [7, 11) is 0. The van der Waals surface area contributed by atoms with Crippen molar-refractivity contribution in [2.24, 2.45) is 5.41 Å². The number of carbonyl (C=O) groups is 2. The highest BCUT2D eigenvalue weighted by Crippen LogP contribution is 2.50. The Labute approximate surface area is 111 Å². The molecule has 1 aliphatic heterocycles. The lowest BCUT2D eigenvalue weighted by Crippen LogP contribution is -2.53. The number of benzene rings is 1. The van der Waals surface area contributed by atoms with E-state index in [-0.39, 0.29) is 6.42 Å². The number of cyclic esters (lactones) is 2. The van der Waals surface area contributed by atoms with Crippen LogP contribution in [0, 0.1) is 5.41 Å². The fraction of sp³-hybridized carbons (Fsp3) is 0.333. The summed E-state index contributed by atoms with van der Waals surface area (Å²) >= 11 is 0. The first-order valence-corrected chi connectivity index (χ1v) is 6.11. The number of hydrogen-bond donors (Lipinski definition) is 0. The molecule has 0 amide bonds. The molecule has 0 unspecified atom stereocenters. The first-order chi connectivity index (χ1) is 8.87. The van der Waals surface area contributed by atoms with Crippen molar-refractivity contribution in [1.82, 2.24) is 0 Å². The van der Waals surface area contributed by atoms with E-state index in [9.17, 15) is 9.59 Å². The minimum absolute atomic E-state index is 0.260. The molecule has 4 heteroatoms. The summed E-state index contributed by atoms with van der Waals surface area (Å²) in [6.45, 7) is 7.00. The number of esters is 2. The Kier molecular flexibility index (Phi) is 2.18. The Morgan fingerprint density at radius 3 is 2.26 bits per heavy atom. The maximum absolute atomic E-state index is 12.3. The van der Waals surface area contributed by atoms with Crippen molar-refractivity contribution >= 4 is 17.5 Å². The Bertz CT molecular complexity index is 592. The summed E-state index contributed by atoms with van der Waals surface area (Å²) in [5.74, 6) is -2.36. The van der Waals surface area contributed by atoms with Crippen LogP contribution in [0.5, 0.6) is 0 Å². The molecule has 98 valence electrons. The van der Waals surface area contributed by atoms with Crippen LogP contribution in [0.2, 0.25) is 0 Å². The molecule has 3 rings (SSSR count). The van der Waals surface area contributed by atoms with Crippen LogP contribution in [0.15, 0.2) is 30.8 Å². The van der Waals surface area contributed by atoms with Gasteiger partial charge in [0.1, 0.15) is 0 Å². The summed E-state index contributed by atoms with van der Waals surface area (Å²) in [6.07, 6.45) is 0.260. The van der Waals surface area contributed by atoms with Crippen molar-refractivity contribution in [3.63, 3.8) is 0 Å². The molecule has 0 bridgehead atoms. The summed E-state index contributed by atoms with van der Waals surface area (Å²) in [5.41, 5.74) is 0.810. The highest BCUT2D eigenvalue weighted by atomic mass is 16.7. The third kappa shape index (κ3) is 1.46. The summed E-state index contributed by atoms with van der Waals surface area (Å²) in [4.78, 5) is 24.7. The van der Waals surface area contributed by atoms with Crippen LogP contribution in [-0.2, 0) is 25.5 Å². The van der Waals surface area contributed by atoms with Crippen molar-refractivity contribution < 1.29 is 19.1 Å². The van der Waals surface area contributed by atoms with E-state index in [4.69, 9.17) is 9.47 Å². The van der Waals surface area contributed by atoms with Crippen molar-refractivity contribution in [2.75, 3.05) is 0 Å². The van der Waals surface area contributed by atoms with Crippen LogP contribution in [0.25, 0.3) is 5.57 Å². The van der Waals surface area contributed by atoms with Gasteiger partial charge in [-0.2, -0.15) is 0 Å². The topological polar surface area (TPSA) is 52.6 Å². The quantitative estimate of drug-likeness (QED) is 0.528. The summed E-state index contributed by atoms with van der Waals surface area (Å²) in [6, 6.07) is 7.46. The second kappa shape index (κ2) is 3.47. The van der Waals surface area contributed by atoms with E-state index in [1.807, 2.05) is 24.3 Å². The summed E-state index contributed by atoms with van der Waals surface area (Å²) < 4.78 is 10.5. The first-order valence-electron chi connectivity index (χ1n) is 6.11. The van der Waals surface area contributed by atoms with Gasteiger partial charge in [0.15, 0.2) is 5.41 Å². The fourth-order valence-corrected chi connectivity index (χ4v) is 2.71. The van der Waals surface area contributed by atoms with Gasteiger partial charge in [-0.05, 0) is 16.7 Å². The molecule has 1 heterocycles. The zero-order valence-electron chi connectivity index (χ0n) is 10.9. The smallest absolute Gasteiger partial charge is 0.331 e. The van der Waals surface area contributed by atoms with Gasteiger partial charge in [0.25, 0.3) is 5.79 Å². The highest BCUT2D eigenvalue weighted by Gasteiger charge is 2.61. The normalized spacial score (nSPS) is 22.9. The van der Waals surface area contributed by atoms with E-state index in [2.05, 4.69) is 6.58 Å². The molecular formula is C15H14O4. The first kappa shape index (κ1) is 12.0. The third-order valence-corrected chi connectivity index (χ3v) is 3.69. The monoisotopic (exact) mass is 258 g/mol. The molecule has 19 heavy (non-hydrogen) atoms. The Morgan fingerprint density at radius 2 is 1.68 bits per heavy atom. The number of hydrogen-bond acceptors (Lipinski definition) is 4. The molecule has 2 aliphatic rings. The summed E-state index contributed by atoms with van der Waals surface area (Å²) in [5, 5.41) is 0. The molecule has 1 spiro atoms. The zero-order chi connectivity index (χ0) is 13.8. The lowest BCUT2D eigenvalue weighted by atomic mass is 9.80. The van der Waals surface area contributed by atoms with Crippen molar-refractivity contribution in [1.29, 1.82) is 0 Å². The van der Waals surface area contributed by atoms with Crippen LogP contribution in [0.1, 0.15) is 25.0 Å². The van der Waals surface area contributed by atoms with Crippen LogP contribution >= 0.6 is 0 Å². The molecule has 1 aromatic carbocycles. The molecule has 0 radical (unpaired) electrons. The SMILES string of the molecule is C=C1c2ccccc2CC12C(=O)OC(C)(C)OC2=O. The zero-order valence-corrected chi connectivity index (χ0v) is 10.9. The van der Waals surface area contributed by atoms with E-state index >= 15 is 0 Å². The molecule has 1 fully saturated rings. The van der Waals surface area contributed by atoms with Crippen LogP contribution < -0.4 is 0 Å². The lowest BCUT2D eigenvalue weighted by Gasteiger charge is -2.38. The van der Waals surface area contributed by atoms with Crippen LogP contribution in [-0.4, -0.2) is 17.7 Å².